The van der Waals surface area contributed by atoms with Gasteiger partial charge in [0.1, 0.15) is 5.82 Å². The Hall–Kier alpha value is -0.870. The average Bonchev–Trinajstić information content (AvgIpc) is 2.62. The molecule has 0 bridgehead atoms. The Morgan fingerprint density at radius 1 is 1.33 bits per heavy atom. The average molecular weight is 283 g/mol. The minimum Gasteiger partial charge on any atom is -0.384 e. The van der Waals surface area contributed by atoms with Gasteiger partial charge in [-0.1, -0.05) is 0 Å². The first-order valence-electron chi connectivity index (χ1n) is 4.67. The van der Waals surface area contributed by atoms with E-state index in [1.165, 1.54) is 10.4 Å². The van der Waals surface area contributed by atoms with Gasteiger partial charge in [-0.3, -0.25) is 0 Å². The van der Waals surface area contributed by atoms with Crippen LogP contribution in [0.15, 0.2) is 34.2 Å². The molecule has 0 atom stereocenters. The first-order chi connectivity index (χ1) is 7.24. The lowest BCUT2D eigenvalue weighted by Crippen LogP contribution is -1.93. The standard InChI is InChI=1S/C11H11BrN2S/c12-9-6-10(15-7-9)2-1-8-3-4-14-11(13)5-8/h3-7H,1-2H2,(H2,13,14). The van der Waals surface area contributed by atoms with E-state index in [1.807, 2.05) is 12.1 Å². The van der Waals surface area contributed by atoms with Crippen molar-refractivity contribution in [1.82, 2.24) is 4.98 Å². The van der Waals surface area contributed by atoms with Crippen LogP contribution in [0.3, 0.4) is 0 Å². The largest absolute Gasteiger partial charge is 0.384 e. The second-order valence-corrected chi connectivity index (χ2v) is 5.23. The number of aromatic nitrogens is 1. The summed E-state index contributed by atoms with van der Waals surface area (Å²) in [5, 5.41) is 2.11. The van der Waals surface area contributed by atoms with Crippen LogP contribution in [0.5, 0.6) is 0 Å². The third-order valence-corrected chi connectivity index (χ3v) is 3.88. The lowest BCUT2D eigenvalue weighted by atomic mass is 10.1. The molecule has 0 fully saturated rings. The number of pyridine rings is 1. The van der Waals surface area contributed by atoms with Crippen molar-refractivity contribution in [3.8, 4) is 0 Å². The number of nitrogens with two attached hydrogens (primary N) is 1. The number of nitrogen functional groups attached to an aromatic ring is 1. The smallest absolute Gasteiger partial charge is 0.123 e. The molecule has 2 aromatic rings. The molecule has 0 saturated carbocycles. The minimum atomic E-state index is 0.597. The van der Waals surface area contributed by atoms with Crippen molar-refractivity contribution in [3.63, 3.8) is 0 Å². The molecule has 0 amide bonds. The molecule has 2 nitrogen and oxygen atoms in total. The molecular weight excluding hydrogens is 272 g/mol. The predicted molar refractivity (Wildman–Crippen MR) is 68.1 cm³/mol. The zero-order valence-corrected chi connectivity index (χ0v) is 10.5. The van der Waals surface area contributed by atoms with E-state index in [9.17, 15) is 0 Å². The van der Waals surface area contributed by atoms with Gasteiger partial charge in [0.2, 0.25) is 0 Å². The van der Waals surface area contributed by atoms with Gasteiger partial charge in [-0.2, -0.15) is 0 Å². The highest BCUT2D eigenvalue weighted by Gasteiger charge is 1.99. The molecule has 0 aliphatic heterocycles. The van der Waals surface area contributed by atoms with Crippen LogP contribution in [-0.2, 0) is 12.8 Å². The van der Waals surface area contributed by atoms with E-state index >= 15 is 0 Å². The number of rotatable bonds is 3. The van der Waals surface area contributed by atoms with Crippen LogP contribution in [0.25, 0.3) is 0 Å². The monoisotopic (exact) mass is 282 g/mol. The maximum Gasteiger partial charge on any atom is 0.123 e. The summed E-state index contributed by atoms with van der Waals surface area (Å²) in [6.07, 6.45) is 3.83. The minimum absolute atomic E-state index is 0.597. The molecule has 0 saturated heterocycles. The van der Waals surface area contributed by atoms with Gasteiger partial charge in [0.25, 0.3) is 0 Å². The molecule has 4 heteroatoms. The lowest BCUT2D eigenvalue weighted by Gasteiger charge is -2.00. The quantitative estimate of drug-likeness (QED) is 0.939. The van der Waals surface area contributed by atoms with Gasteiger partial charge in [-0.25, -0.2) is 4.98 Å². The maximum absolute atomic E-state index is 5.62. The van der Waals surface area contributed by atoms with Crippen molar-refractivity contribution in [3.05, 3.63) is 44.7 Å². The van der Waals surface area contributed by atoms with E-state index in [2.05, 4.69) is 32.4 Å². The molecule has 0 unspecified atom stereocenters. The molecule has 0 aromatic carbocycles. The molecular formula is C11H11BrN2S. The highest BCUT2D eigenvalue weighted by molar-refractivity contribution is 9.10. The van der Waals surface area contributed by atoms with Crippen LogP contribution in [0.4, 0.5) is 5.82 Å². The topological polar surface area (TPSA) is 38.9 Å². The van der Waals surface area contributed by atoms with Crippen molar-refractivity contribution >= 4 is 33.1 Å². The summed E-state index contributed by atoms with van der Waals surface area (Å²) in [5.74, 6) is 0.597. The van der Waals surface area contributed by atoms with Crippen LogP contribution < -0.4 is 5.73 Å². The van der Waals surface area contributed by atoms with Crippen LogP contribution in [0.1, 0.15) is 10.4 Å². The first-order valence-corrected chi connectivity index (χ1v) is 6.34. The molecule has 15 heavy (non-hydrogen) atoms. The molecule has 2 aromatic heterocycles. The van der Waals surface area contributed by atoms with Crippen LogP contribution in [0, 0.1) is 0 Å². The molecule has 0 radical (unpaired) electrons. The van der Waals surface area contributed by atoms with E-state index in [0.29, 0.717) is 5.82 Å². The van der Waals surface area contributed by atoms with Gasteiger partial charge < -0.3 is 5.73 Å². The van der Waals surface area contributed by atoms with Gasteiger partial charge in [0.15, 0.2) is 0 Å². The van der Waals surface area contributed by atoms with Gasteiger partial charge in [0.05, 0.1) is 0 Å². The number of anilines is 1. The fourth-order valence-corrected chi connectivity index (χ4v) is 2.86. The molecule has 0 aliphatic rings. The van der Waals surface area contributed by atoms with E-state index in [0.717, 1.165) is 17.3 Å². The molecule has 2 heterocycles. The van der Waals surface area contributed by atoms with Crippen molar-refractivity contribution in [2.75, 3.05) is 5.73 Å². The zero-order chi connectivity index (χ0) is 10.7. The Morgan fingerprint density at radius 3 is 2.87 bits per heavy atom. The summed E-state index contributed by atoms with van der Waals surface area (Å²) in [6.45, 7) is 0. The van der Waals surface area contributed by atoms with E-state index in [1.54, 1.807) is 17.5 Å². The highest BCUT2D eigenvalue weighted by atomic mass is 79.9. The van der Waals surface area contributed by atoms with E-state index in [-0.39, 0.29) is 0 Å². The number of nitrogens with zero attached hydrogens (tertiary/aromatic N) is 1. The lowest BCUT2D eigenvalue weighted by molar-refractivity contribution is 0.976. The third kappa shape index (κ3) is 3.04. The molecule has 2 N–H and O–H groups in total. The maximum atomic E-state index is 5.62. The molecule has 2 rings (SSSR count). The predicted octanol–water partition coefficient (Wildman–Crippen LogP) is 3.27. The van der Waals surface area contributed by atoms with Crippen molar-refractivity contribution in [1.29, 1.82) is 0 Å². The second kappa shape index (κ2) is 4.77. The van der Waals surface area contributed by atoms with Crippen LogP contribution in [0.2, 0.25) is 0 Å². The fraction of sp³-hybridized carbons (Fsp3) is 0.182. The van der Waals surface area contributed by atoms with Crippen LogP contribution >= 0.6 is 27.3 Å². The van der Waals surface area contributed by atoms with Gasteiger partial charge in [-0.05, 0) is 52.5 Å². The summed E-state index contributed by atoms with van der Waals surface area (Å²) in [5.41, 5.74) is 6.86. The molecule has 78 valence electrons. The molecule has 0 aliphatic carbocycles. The second-order valence-electron chi connectivity index (χ2n) is 3.32. The SMILES string of the molecule is Nc1cc(CCc2cc(Br)cs2)ccn1. The Bertz CT molecular complexity index is 453. The van der Waals surface area contributed by atoms with Gasteiger partial charge >= 0.3 is 0 Å². The summed E-state index contributed by atoms with van der Waals surface area (Å²) < 4.78 is 1.16. The summed E-state index contributed by atoms with van der Waals surface area (Å²) in [4.78, 5) is 5.36. The number of halogens is 1. The Balaban J connectivity index is 1.99. The van der Waals surface area contributed by atoms with Gasteiger partial charge in [-0.15, -0.1) is 11.3 Å². The van der Waals surface area contributed by atoms with Gasteiger partial charge in [0, 0.05) is 20.9 Å². The Morgan fingerprint density at radius 2 is 2.20 bits per heavy atom. The van der Waals surface area contributed by atoms with Crippen molar-refractivity contribution < 1.29 is 0 Å². The highest BCUT2D eigenvalue weighted by Crippen LogP contribution is 2.21. The number of thiophene rings is 1. The van der Waals surface area contributed by atoms with Crippen LogP contribution in [-0.4, -0.2) is 4.98 Å². The number of aryl methyl sites for hydroxylation is 2. The zero-order valence-electron chi connectivity index (χ0n) is 8.11. The summed E-state index contributed by atoms with van der Waals surface area (Å²) in [6, 6.07) is 6.11. The summed E-state index contributed by atoms with van der Waals surface area (Å²) >= 11 is 5.23. The number of hydrogen-bond acceptors (Lipinski definition) is 3. The van der Waals surface area contributed by atoms with Crippen molar-refractivity contribution in [2.45, 2.75) is 12.8 Å². The first kappa shape index (κ1) is 10.6. The summed E-state index contributed by atoms with van der Waals surface area (Å²) in [7, 11) is 0. The fourth-order valence-electron chi connectivity index (χ4n) is 1.40. The Labute approximate surface area is 101 Å². The van der Waals surface area contributed by atoms with Crippen molar-refractivity contribution in [2.24, 2.45) is 0 Å². The number of hydrogen-bond donors (Lipinski definition) is 1. The normalized spacial score (nSPS) is 10.5. The van der Waals surface area contributed by atoms with E-state index in [4.69, 9.17) is 5.73 Å². The molecule has 0 spiro atoms. The Kier molecular flexibility index (Phi) is 3.38. The van der Waals surface area contributed by atoms with E-state index < -0.39 is 0 Å². The third-order valence-electron chi connectivity index (χ3n) is 2.13.